The summed E-state index contributed by atoms with van der Waals surface area (Å²) in [5, 5.41) is 5.46. The second-order valence-corrected chi connectivity index (χ2v) is 14.6. The van der Waals surface area contributed by atoms with Gasteiger partial charge in [0.2, 0.25) is 11.8 Å². The number of H-pyrrole nitrogens is 2. The Kier molecular flexibility index (Phi) is 10.00. The van der Waals surface area contributed by atoms with Gasteiger partial charge in [0, 0.05) is 24.5 Å². The summed E-state index contributed by atoms with van der Waals surface area (Å²) in [6, 6.07) is 19.9. The van der Waals surface area contributed by atoms with Crippen LogP contribution in [0, 0.1) is 5.92 Å². The average molecular weight is 722 g/mol. The zero-order chi connectivity index (χ0) is 37.3. The first kappa shape index (κ1) is 35.8. The topological polar surface area (TPSA) is 162 Å². The third-order valence-electron chi connectivity index (χ3n) is 10.8. The summed E-state index contributed by atoms with van der Waals surface area (Å²) >= 11 is 0. The third-order valence-corrected chi connectivity index (χ3v) is 10.8. The van der Waals surface area contributed by atoms with Gasteiger partial charge >= 0.3 is 12.2 Å². The molecule has 1 saturated carbocycles. The van der Waals surface area contributed by atoms with Crippen LogP contribution in [0.5, 0.6) is 0 Å². The van der Waals surface area contributed by atoms with E-state index >= 15 is 0 Å². The van der Waals surface area contributed by atoms with E-state index in [4.69, 9.17) is 9.47 Å². The maximum absolute atomic E-state index is 13.5. The smallest absolute Gasteiger partial charge is 0.407 e. The van der Waals surface area contributed by atoms with E-state index in [1.165, 1.54) is 14.2 Å². The summed E-state index contributed by atoms with van der Waals surface area (Å²) in [5.74, 6) is 0.488. The largest absolute Gasteiger partial charge is 0.453 e. The van der Waals surface area contributed by atoms with Gasteiger partial charge in [0.1, 0.15) is 17.4 Å². The highest BCUT2D eigenvalue weighted by Gasteiger charge is 2.55. The van der Waals surface area contributed by atoms with Crippen LogP contribution < -0.4 is 10.6 Å². The van der Waals surface area contributed by atoms with Crippen molar-refractivity contribution in [3.05, 3.63) is 78.4 Å². The van der Waals surface area contributed by atoms with Crippen molar-refractivity contribution in [3.63, 3.8) is 0 Å². The molecule has 4 N–H and O–H groups in total. The Bertz CT molecular complexity index is 1960. The van der Waals surface area contributed by atoms with Crippen molar-refractivity contribution >= 4 is 24.0 Å². The fourth-order valence-electron chi connectivity index (χ4n) is 7.68. The average Bonchev–Trinajstić information content (AvgIpc) is 3.75. The first-order valence-electron chi connectivity index (χ1n) is 18.4. The van der Waals surface area contributed by atoms with Crippen LogP contribution in [0.15, 0.2) is 66.9 Å². The van der Waals surface area contributed by atoms with Gasteiger partial charge in [0.25, 0.3) is 0 Å². The minimum Gasteiger partial charge on any atom is -0.453 e. The first-order valence-corrected chi connectivity index (χ1v) is 18.4. The predicted octanol–water partition coefficient (Wildman–Crippen LogP) is 6.34. The van der Waals surface area contributed by atoms with Crippen LogP contribution in [0.4, 0.5) is 9.59 Å². The number of amides is 4. The molecule has 0 unspecified atom stereocenters. The Morgan fingerprint density at radius 2 is 1.34 bits per heavy atom. The Labute approximate surface area is 308 Å². The Balaban J connectivity index is 0.997. The molecule has 3 aliphatic rings. The standard InChI is InChI=1S/C40H47N7O6/c1-24(2)34(44-38(50)52-3)36(48)46-21-5-7-32(46)30-18-17-29(42-30)27-13-9-25(10-14-27)26-11-15-28(16-12-26)31-23-41-35(43-31)33-8-6-22-47(33)37(49)40(19-20-40)45-39(51)53-4/h9-18,23-24,32-34,42H,5-8,19-22H2,1-4H3,(H,41,43)(H,44,50)(H,45,51)/t32-,33-,34-/m0/s1. The number of rotatable bonds is 10. The monoisotopic (exact) mass is 721 g/mol. The van der Waals surface area contributed by atoms with Crippen LogP contribution in [0.3, 0.4) is 0 Å². The van der Waals surface area contributed by atoms with E-state index in [-0.39, 0.29) is 29.8 Å². The molecule has 2 saturated heterocycles. The molecule has 1 aliphatic carbocycles. The van der Waals surface area contributed by atoms with Crippen LogP contribution >= 0.6 is 0 Å². The maximum atomic E-state index is 13.5. The lowest BCUT2D eigenvalue weighted by Crippen LogP contribution is -2.51. The molecular weight excluding hydrogens is 674 g/mol. The molecular formula is C40H47N7O6. The summed E-state index contributed by atoms with van der Waals surface area (Å²) in [4.78, 5) is 66.2. The number of benzene rings is 2. The molecule has 2 aromatic carbocycles. The number of methoxy groups -OCH3 is 2. The van der Waals surface area contributed by atoms with Gasteiger partial charge in [-0.3, -0.25) is 9.59 Å². The zero-order valence-electron chi connectivity index (χ0n) is 30.6. The number of nitrogens with one attached hydrogen (secondary N) is 4. The van der Waals surface area contributed by atoms with E-state index in [9.17, 15) is 19.2 Å². The molecule has 3 fully saturated rings. The molecule has 4 amide bonds. The number of aromatic nitrogens is 3. The lowest BCUT2D eigenvalue weighted by Gasteiger charge is -2.30. The predicted molar refractivity (Wildman–Crippen MR) is 198 cm³/mol. The first-order chi connectivity index (χ1) is 25.6. The molecule has 7 rings (SSSR count). The van der Waals surface area contributed by atoms with Crippen molar-refractivity contribution in [1.29, 1.82) is 0 Å². The normalized spacial score (nSPS) is 19.6. The number of hydrogen-bond acceptors (Lipinski definition) is 7. The number of carbonyl (C=O) groups excluding carboxylic acids is 4. The molecule has 4 heterocycles. The maximum Gasteiger partial charge on any atom is 0.407 e. The van der Waals surface area contributed by atoms with Gasteiger partial charge < -0.3 is 39.9 Å². The van der Waals surface area contributed by atoms with E-state index in [2.05, 4.69) is 80.2 Å². The molecule has 2 aliphatic heterocycles. The van der Waals surface area contributed by atoms with Gasteiger partial charge in [0.05, 0.1) is 38.2 Å². The van der Waals surface area contributed by atoms with Crippen LogP contribution in [-0.2, 0) is 19.1 Å². The van der Waals surface area contributed by atoms with E-state index in [0.29, 0.717) is 25.9 Å². The number of hydrogen-bond donors (Lipinski definition) is 4. The number of nitrogens with zero attached hydrogens (tertiary/aromatic N) is 3. The van der Waals surface area contributed by atoms with Crippen molar-refractivity contribution in [2.24, 2.45) is 5.92 Å². The fourth-order valence-corrected chi connectivity index (χ4v) is 7.68. The summed E-state index contributed by atoms with van der Waals surface area (Å²) < 4.78 is 9.51. The second-order valence-electron chi connectivity index (χ2n) is 14.6. The summed E-state index contributed by atoms with van der Waals surface area (Å²) in [5.41, 5.74) is 6.14. The number of ether oxygens (including phenoxy) is 2. The van der Waals surface area contributed by atoms with Crippen LogP contribution in [0.1, 0.15) is 76.0 Å². The van der Waals surface area contributed by atoms with Crippen molar-refractivity contribution < 1.29 is 28.7 Å². The molecule has 0 spiro atoms. The van der Waals surface area contributed by atoms with Crippen LogP contribution in [-0.4, -0.2) is 87.6 Å². The second kappa shape index (κ2) is 14.8. The number of imidazole rings is 1. The lowest BCUT2D eigenvalue weighted by atomic mass is 10.0. The molecule has 278 valence electrons. The quantitative estimate of drug-likeness (QED) is 0.149. The Morgan fingerprint density at radius 1 is 0.755 bits per heavy atom. The molecule has 13 heteroatoms. The van der Waals surface area contributed by atoms with Gasteiger partial charge in [0.15, 0.2) is 0 Å². The highest BCUT2D eigenvalue weighted by molar-refractivity contribution is 5.93. The van der Waals surface area contributed by atoms with E-state index in [1.54, 1.807) is 0 Å². The molecule has 3 atom stereocenters. The number of alkyl carbamates (subject to hydrolysis) is 2. The molecule has 0 radical (unpaired) electrons. The van der Waals surface area contributed by atoms with E-state index < -0.39 is 23.8 Å². The molecule has 53 heavy (non-hydrogen) atoms. The van der Waals surface area contributed by atoms with Gasteiger partial charge in [-0.05, 0) is 78.8 Å². The summed E-state index contributed by atoms with van der Waals surface area (Å²) in [7, 11) is 2.60. The molecule has 4 aromatic rings. The molecule has 13 nitrogen and oxygen atoms in total. The highest BCUT2D eigenvalue weighted by atomic mass is 16.5. The molecule has 2 aromatic heterocycles. The van der Waals surface area contributed by atoms with E-state index in [1.807, 2.05) is 35.9 Å². The Hall–Kier alpha value is -5.59. The minimum atomic E-state index is -0.868. The number of carbonyl (C=O) groups is 4. The molecule has 0 bridgehead atoms. The van der Waals surface area contributed by atoms with Crippen molar-refractivity contribution in [3.8, 4) is 33.6 Å². The summed E-state index contributed by atoms with van der Waals surface area (Å²) in [6.45, 7) is 5.09. The van der Waals surface area contributed by atoms with Crippen molar-refractivity contribution in [2.45, 2.75) is 76.0 Å². The number of aromatic amines is 2. The van der Waals surface area contributed by atoms with Crippen LogP contribution in [0.2, 0.25) is 0 Å². The summed E-state index contributed by atoms with van der Waals surface area (Å²) in [6.07, 6.45) is 5.25. The van der Waals surface area contributed by atoms with Gasteiger partial charge in [-0.15, -0.1) is 0 Å². The van der Waals surface area contributed by atoms with Crippen molar-refractivity contribution in [2.75, 3.05) is 27.3 Å². The van der Waals surface area contributed by atoms with E-state index in [0.717, 1.165) is 70.8 Å². The van der Waals surface area contributed by atoms with Gasteiger partial charge in [-0.2, -0.15) is 0 Å². The lowest BCUT2D eigenvalue weighted by molar-refractivity contribution is -0.136. The van der Waals surface area contributed by atoms with Crippen molar-refractivity contribution in [1.82, 2.24) is 35.4 Å². The van der Waals surface area contributed by atoms with Gasteiger partial charge in [-0.1, -0.05) is 62.4 Å². The van der Waals surface area contributed by atoms with Crippen LogP contribution in [0.25, 0.3) is 33.6 Å². The zero-order valence-corrected chi connectivity index (χ0v) is 30.6. The highest BCUT2D eigenvalue weighted by Crippen LogP contribution is 2.42. The minimum absolute atomic E-state index is 0.0750. The SMILES string of the molecule is COC(=O)N[C@H](C(=O)N1CCC[C@H]1c1ccc(-c2ccc(-c3ccc(-c4cnc([C@@H]5CCCN5C(=O)C5(NC(=O)OC)CC5)[nH]4)cc3)cc2)[nH]1)C(C)C. The number of likely N-dealkylation sites (tertiary alicyclic amines) is 2. The Morgan fingerprint density at radius 3 is 1.94 bits per heavy atom. The van der Waals surface area contributed by atoms with Gasteiger partial charge in [-0.25, -0.2) is 14.6 Å². The fraction of sp³-hybridized carbons (Fsp3) is 0.425. The third kappa shape index (κ3) is 7.24.